The van der Waals surface area contributed by atoms with Gasteiger partial charge in [0, 0.05) is 24.5 Å². The number of aryl methyl sites for hydroxylation is 2. The van der Waals surface area contributed by atoms with Crippen LogP contribution in [0.3, 0.4) is 0 Å². The Morgan fingerprint density at radius 3 is 2.50 bits per heavy atom. The summed E-state index contributed by atoms with van der Waals surface area (Å²) in [5.41, 5.74) is 4.56. The summed E-state index contributed by atoms with van der Waals surface area (Å²) in [5, 5.41) is 9.05. The second-order valence-corrected chi connectivity index (χ2v) is 4.62. The lowest BCUT2D eigenvalue weighted by atomic mass is 10.1. The van der Waals surface area contributed by atoms with Crippen molar-refractivity contribution in [2.45, 2.75) is 39.1 Å². The summed E-state index contributed by atoms with van der Waals surface area (Å²) in [7, 11) is 1.93. The van der Waals surface area contributed by atoms with Gasteiger partial charge in [0.05, 0.1) is 23.8 Å². The third kappa shape index (κ3) is 2.43. The molecule has 5 heteroatoms. The number of halogens is 1. The van der Waals surface area contributed by atoms with Crippen LogP contribution in [0.5, 0.6) is 0 Å². The molecule has 2 aromatic rings. The third-order valence-electron chi connectivity index (χ3n) is 3.13. The maximum atomic E-state index is 6.04. The van der Waals surface area contributed by atoms with Gasteiger partial charge >= 0.3 is 0 Å². The molecule has 0 radical (unpaired) electrons. The minimum atomic E-state index is 0.536. The molecule has 0 aliphatic heterocycles. The van der Waals surface area contributed by atoms with E-state index in [4.69, 9.17) is 11.6 Å². The Labute approximate surface area is 113 Å². The van der Waals surface area contributed by atoms with Crippen LogP contribution in [0.15, 0.2) is 12.3 Å². The van der Waals surface area contributed by atoms with Crippen LogP contribution in [-0.2, 0) is 32.3 Å². The van der Waals surface area contributed by atoms with Gasteiger partial charge in [0.2, 0.25) is 0 Å². The molecule has 18 heavy (non-hydrogen) atoms. The largest absolute Gasteiger partial charge is 0.275 e. The molecule has 0 saturated heterocycles. The Kier molecular flexibility index (Phi) is 4.07. The second kappa shape index (κ2) is 5.57. The molecule has 0 spiro atoms. The Morgan fingerprint density at radius 1 is 1.22 bits per heavy atom. The summed E-state index contributed by atoms with van der Waals surface area (Å²) in [4.78, 5) is 0. The van der Waals surface area contributed by atoms with E-state index in [1.54, 1.807) is 0 Å². The van der Waals surface area contributed by atoms with Gasteiger partial charge in [-0.25, -0.2) is 0 Å². The monoisotopic (exact) mass is 266 g/mol. The molecule has 0 atom stereocenters. The Hall–Kier alpha value is -1.29. The Bertz CT molecular complexity index is 527. The summed E-state index contributed by atoms with van der Waals surface area (Å²) in [6.45, 7) is 4.97. The normalized spacial score (nSPS) is 11.1. The maximum Gasteiger partial charge on any atom is 0.0853 e. The summed E-state index contributed by atoms with van der Waals surface area (Å²) < 4.78 is 3.85. The molecule has 2 heterocycles. The van der Waals surface area contributed by atoms with Crippen LogP contribution in [0, 0.1) is 0 Å². The molecular formula is C13H19ClN4. The van der Waals surface area contributed by atoms with Gasteiger partial charge in [0.15, 0.2) is 0 Å². The first-order valence-corrected chi connectivity index (χ1v) is 6.84. The van der Waals surface area contributed by atoms with E-state index in [2.05, 4.69) is 24.0 Å². The van der Waals surface area contributed by atoms with Crippen LogP contribution < -0.4 is 0 Å². The molecule has 98 valence electrons. The minimum absolute atomic E-state index is 0.536. The van der Waals surface area contributed by atoms with E-state index in [0.29, 0.717) is 12.4 Å². The highest BCUT2D eigenvalue weighted by atomic mass is 35.5. The van der Waals surface area contributed by atoms with Crippen molar-refractivity contribution in [3.8, 4) is 0 Å². The molecule has 0 fully saturated rings. The minimum Gasteiger partial charge on any atom is -0.275 e. The predicted molar refractivity (Wildman–Crippen MR) is 72.9 cm³/mol. The highest BCUT2D eigenvalue weighted by Gasteiger charge is 2.15. The zero-order valence-corrected chi connectivity index (χ0v) is 11.9. The number of rotatable bonds is 5. The van der Waals surface area contributed by atoms with Crippen LogP contribution >= 0.6 is 11.6 Å². The van der Waals surface area contributed by atoms with Crippen LogP contribution in [0.25, 0.3) is 0 Å². The summed E-state index contributed by atoms with van der Waals surface area (Å²) in [6, 6.07) is 2.02. The standard InChI is InChI=1S/C13H19ClN4/c1-4-12-11(8-14)13(5-2)18(16-12)9-10-6-7-17(3)15-10/h6-7H,4-5,8-9H2,1-3H3. The van der Waals surface area contributed by atoms with Gasteiger partial charge in [0.1, 0.15) is 0 Å². The van der Waals surface area contributed by atoms with E-state index in [1.165, 1.54) is 11.3 Å². The van der Waals surface area contributed by atoms with Crippen molar-refractivity contribution in [2.24, 2.45) is 7.05 Å². The van der Waals surface area contributed by atoms with Gasteiger partial charge in [-0.15, -0.1) is 11.6 Å². The number of hydrogen-bond acceptors (Lipinski definition) is 2. The fourth-order valence-corrected chi connectivity index (χ4v) is 2.56. The highest BCUT2D eigenvalue weighted by Crippen LogP contribution is 2.19. The maximum absolute atomic E-state index is 6.04. The zero-order valence-electron chi connectivity index (χ0n) is 11.1. The fourth-order valence-electron chi connectivity index (χ4n) is 2.25. The number of alkyl halides is 1. The topological polar surface area (TPSA) is 35.6 Å². The van der Waals surface area contributed by atoms with Crippen LogP contribution in [0.2, 0.25) is 0 Å². The lowest BCUT2D eigenvalue weighted by Crippen LogP contribution is -2.07. The lowest BCUT2D eigenvalue weighted by molar-refractivity contribution is 0.616. The van der Waals surface area contributed by atoms with Crippen molar-refractivity contribution < 1.29 is 0 Å². The molecule has 0 aliphatic carbocycles. The lowest BCUT2D eigenvalue weighted by Gasteiger charge is -2.04. The smallest absolute Gasteiger partial charge is 0.0853 e. The van der Waals surface area contributed by atoms with Crippen molar-refractivity contribution in [3.05, 3.63) is 34.9 Å². The molecule has 2 rings (SSSR count). The molecule has 0 bridgehead atoms. The van der Waals surface area contributed by atoms with Gasteiger partial charge in [-0.1, -0.05) is 13.8 Å². The highest BCUT2D eigenvalue weighted by molar-refractivity contribution is 6.17. The first-order valence-electron chi connectivity index (χ1n) is 6.31. The van der Waals surface area contributed by atoms with Crippen molar-refractivity contribution in [2.75, 3.05) is 0 Å². The summed E-state index contributed by atoms with van der Waals surface area (Å²) in [6.07, 6.45) is 3.82. The van der Waals surface area contributed by atoms with E-state index in [-0.39, 0.29) is 0 Å². The molecule has 0 amide bonds. The molecule has 4 nitrogen and oxygen atoms in total. The van der Waals surface area contributed by atoms with Crippen molar-refractivity contribution in [1.82, 2.24) is 19.6 Å². The molecule has 0 unspecified atom stereocenters. The van der Waals surface area contributed by atoms with Crippen LogP contribution in [0.1, 0.15) is 36.5 Å². The molecule has 0 aromatic carbocycles. The van der Waals surface area contributed by atoms with E-state index in [9.17, 15) is 0 Å². The van der Waals surface area contributed by atoms with Gasteiger partial charge in [-0.2, -0.15) is 10.2 Å². The molecule has 0 aliphatic rings. The van der Waals surface area contributed by atoms with Crippen LogP contribution in [0.4, 0.5) is 0 Å². The number of nitrogens with zero attached hydrogens (tertiary/aromatic N) is 4. The molecular weight excluding hydrogens is 248 g/mol. The van der Waals surface area contributed by atoms with E-state index in [0.717, 1.165) is 24.2 Å². The number of aromatic nitrogens is 4. The van der Waals surface area contributed by atoms with Gasteiger partial charge in [-0.05, 0) is 18.9 Å². The Balaban J connectivity index is 2.35. The molecule has 0 N–H and O–H groups in total. The van der Waals surface area contributed by atoms with Gasteiger partial charge in [-0.3, -0.25) is 9.36 Å². The zero-order chi connectivity index (χ0) is 13.1. The van der Waals surface area contributed by atoms with Gasteiger partial charge < -0.3 is 0 Å². The molecule has 0 saturated carbocycles. The van der Waals surface area contributed by atoms with E-state index in [1.807, 2.05) is 28.7 Å². The van der Waals surface area contributed by atoms with Crippen LogP contribution in [-0.4, -0.2) is 19.6 Å². The summed E-state index contributed by atoms with van der Waals surface area (Å²) >= 11 is 6.04. The van der Waals surface area contributed by atoms with E-state index < -0.39 is 0 Å². The van der Waals surface area contributed by atoms with E-state index >= 15 is 0 Å². The SMILES string of the molecule is CCc1nn(Cc2ccn(C)n2)c(CC)c1CCl. The van der Waals surface area contributed by atoms with Crippen molar-refractivity contribution in [1.29, 1.82) is 0 Å². The average Bonchev–Trinajstić information content (AvgIpc) is 2.92. The molecule has 2 aromatic heterocycles. The number of hydrogen-bond donors (Lipinski definition) is 0. The third-order valence-corrected chi connectivity index (χ3v) is 3.40. The second-order valence-electron chi connectivity index (χ2n) is 4.35. The fraction of sp³-hybridized carbons (Fsp3) is 0.538. The summed E-state index contributed by atoms with van der Waals surface area (Å²) in [5.74, 6) is 0.536. The van der Waals surface area contributed by atoms with Crippen molar-refractivity contribution >= 4 is 11.6 Å². The first-order chi connectivity index (χ1) is 8.69. The van der Waals surface area contributed by atoms with Crippen molar-refractivity contribution in [3.63, 3.8) is 0 Å². The Morgan fingerprint density at radius 2 is 2.00 bits per heavy atom. The average molecular weight is 267 g/mol. The first kappa shape index (κ1) is 13.1. The quantitative estimate of drug-likeness (QED) is 0.780. The van der Waals surface area contributed by atoms with Gasteiger partial charge in [0.25, 0.3) is 0 Å². The predicted octanol–water partition coefficient (Wildman–Crippen LogP) is 2.53.